The Kier molecular flexibility index (Phi) is 7.57. The Balaban J connectivity index is 1.85. The average molecular weight is 413 g/mol. The summed E-state index contributed by atoms with van der Waals surface area (Å²) in [6.07, 6.45) is 0.408. The Morgan fingerprint density at radius 2 is 1.79 bits per heavy atom. The van der Waals surface area contributed by atoms with Gasteiger partial charge in [-0.15, -0.1) is 0 Å². The maximum atomic E-state index is 13.5. The van der Waals surface area contributed by atoms with Crippen LogP contribution >= 0.6 is 11.6 Å². The molecule has 28 heavy (non-hydrogen) atoms. The van der Waals surface area contributed by atoms with E-state index >= 15 is 0 Å². The number of ether oxygens (including phenoxy) is 2. The van der Waals surface area contributed by atoms with Crippen molar-refractivity contribution >= 4 is 29.1 Å². The highest BCUT2D eigenvalue weighted by Crippen LogP contribution is 2.35. The molecule has 0 saturated heterocycles. The number of rotatable bonds is 8. The number of hydrogen-bond acceptors (Lipinski definition) is 4. The molecule has 0 aliphatic rings. The standard InChI is InChI=1S/C19H19ClF2N2O4/c1-27-16-10-17(28-2)15(9-13(16)20)24-18(25)4-3-7-23-19(26)12-6-5-11(21)8-14(12)22/h5-6,8-10H,3-4,7H2,1-2H3,(H,23,26)(H,24,25). The molecule has 0 aromatic heterocycles. The van der Waals surface area contributed by atoms with Crippen LogP contribution in [0.5, 0.6) is 11.5 Å². The third kappa shape index (κ3) is 5.56. The lowest BCUT2D eigenvalue weighted by atomic mass is 10.2. The lowest BCUT2D eigenvalue weighted by molar-refractivity contribution is -0.116. The molecular weight excluding hydrogens is 394 g/mol. The fraction of sp³-hybridized carbons (Fsp3) is 0.263. The molecule has 6 nitrogen and oxygen atoms in total. The van der Waals surface area contributed by atoms with Gasteiger partial charge in [-0.2, -0.15) is 0 Å². The fourth-order valence-electron chi connectivity index (χ4n) is 2.39. The number of amides is 2. The molecule has 0 heterocycles. The molecule has 150 valence electrons. The van der Waals surface area contributed by atoms with Crippen molar-refractivity contribution in [1.29, 1.82) is 0 Å². The van der Waals surface area contributed by atoms with Crippen LogP contribution in [0.4, 0.5) is 14.5 Å². The van der Waals surface area contributed by atoms with E-state index in [0.717, 1.165) is 12.1 Å². The second-order valence-electron chi connectivity index (χ2n) is 5.72. The lowest BCUT2D eigenvalue weighted by Gasteiger charge is -2.13. The normalized spacial score (nSPS) is 10.3. The summed E-state index contributed by atoms with van der Waals surface area (Å²) < 4.78 is 36.7. The smallest absolute Gasteiger partial charge is 0.254 e. The average Bonchev–Trinajstić information content (AvgIpc) is 2.65. The third-order valence-electron chi connectivity index (χ3n) is 3.79. The van der Waals surface area contributed by atoms with Crippen LogP contribution in [0.3, 0.4) is 0 Å². The summed E-state index contributed by atoms with van der Waals surface area (Å²) in [5.74, 6) is -1.91. The van der Waals surface area contributed by atoms with E-state index in [1.165, 1.54) is 20.3 Å². The zero-order chi connectivity index (χ0) is 20.7. The Morgan fingerprint density at radius 1 is 1.07 bits per heavy atom. The van der Waals surface area contributed by atoms with E-state index in [9.17, 15) is 18.4 Å². The van der Waals surface area contributed by atoms with Gasteiger partial charge >= 0.3 is 0 Å². The first-order chi connectivity index (χ1) is 13.3. The largest absolute Gasteiger partial charge is 0.495 e. The highest BCUT2D eigenvalue weighted by Gasteiger charge is 2.14. The molecular formula is C19H19ClF2N2O4. The van der Waals surface area contributed by atoms with E-state index in [-0.39, 0.29) is 24.4 Å². The van der Waals surface area contributed by atoms with Crippen molar-refractivity contribution in [2.45, 2.75) is 12.8 Å². The number of carbonyl (C=O) groups is 2. The quantitative estimate of drug-likeness (QED) is 0.647. The van der Waals surface area contributed by atoms with Gasteiger partial charge in [0.1, 0.15) is 23.1 Å². The Bertz CT molecular complexity index is 877. The molecule has 2 N–H and O–H groups in total. The second kappa shape index (κ2) is 9.89. The molecule has 2 aromatic carbocycles. The van der Waals surface area contributed by atoms with Crippen molar-refractivity contribution in [2.24, 2.45) is 0 Å². The zero-order valence-corrected chi connectivity index (χ0v) is 16.0. The van der Waals surface area contributed by atoms with Gasteiger partial charge in [-0.25, -0.2) is 8.78 Å². The van der Waals surface area contributed by atoms with Crippen LogP contribution in [0.2, 0.25) is 5.02 Å². The first-order valence-electron chi connectivity index (χ1n) is 8.30. The molecule has 0 aliphatic heterocycles. The molecule has 0 bridgehead atoms. The Labute approximate surface area is 165 Å². The minimum atomic E-state index is -0.946. The van der Waals surface area contributed by atoms with Gasteiger partial charge in [0, 0.05) is 25.1 Å². The summed E-state index contributed by atoms with van der Waals surface area (Å²) in [4.78, 5) is 24.0. The summed E-state index contributed by atoms with van der Waals surface area (Å²) in [7, 11) is 2.91. The van der Waals surface area contributed by atoms with Crippen LogP contribution < -0.4 is 20.1 Å². The van der Waals surface area contributed by atoms with Crippen LogP contribution in [-0.4, -0.2) is 32.6 Å². The molecule has 2 aromatic rings. The van der Waals surface area contributed by atoms with E-state index in [1.807, 2.05) is 0 Å². The summed E-state index contributed by atoms with van der Waals surface area (Å²) in [6, 6.07) is 5.76. The van der Waals surface area contributed by atoms with Gasteiger partial charge in [0.25, 0.3) is 5.91 Å². The van der Waals surface area contributed by atoms with Crippen LogP contribution in [0.25, 0.3) is 0 Å². The fourth-order valence-corrected chi connectivity index (χ4v) is 2.63. The number of halogens is 3. The number of carbonyl (C=O) groups excluding carboxylic acids is 2. The molecule has 2 amide bonds. The SMILES string of the molecule is COc1cc(OC)c(NC(=O)CCCNC(=O)c2ccc(F)cc2F)cc1Cl. The van der Waals surface area contributed by atoms with Gasteiger partial charge in [-0.3, -0.25) is 9.59 Å². The van der Waals surface area contributed by atoms with Gasteiger partial charge in [0.2, 0.25) is 5.91 Å². The molecule has 0 fully saturated rings. The van der Waals surface area contributed by atoms with E-state index in [4.69, 9.17) is 21.1 Å². The first kappa shape index (κ1) is 21.4. The predicted octanol–water partition coefficient (Wildman–Crippen LogP) is 3.78. The summed E-state index contributed by atoms with van der Waals surface area (Å²) in [6.45, 7) is 0.142. The van der Waals surface area contributed by atoms with E-state index < -0.39 is 17.5 Å². The number of methoxy groups -OCH3 is 2. The van der Waals surface area contributed by atoms with Crippen molar-refractivity contribution < 1.29 is 27.8 Å². The summed E-state index contributed by atoms with van der Waals surface area (Å²) >= 11 is 6.05. The zero-order valence-electron chi connectivity index (χ0n) is 15.3. The van der Waals surface area contributed by atoms with Gasteiger partial charge in [0.15, 0.2) is 0 Å². The minimum absolute atomic E-state index is 0.0962. The van der Waals surface area contributed by atoms with E-state index in [0.29, 0.717) is 34.7 Å². The lowest BCUT2D eigenvalue weighted by Crippen LogP contribution is -2.26. The molecule has 0 unspecified atom stereocenters. The summed E-state index contributed by atoms with van der Waals surface area (Å²) in [5, 5.41) is 5.46. The van der Waals surface area contributed by atoms with Gasteiger partial charge in [0.05, 0.1) is 30.5 Å². The molecule has 0 spiro atoms. The molecule has 2 rings (SSSR count). The molecule has 9 heteroatoms. The first-order valence-corrected chi connectivity index (χ1v) is 8.68. The van der Waals surface area contributed by atoms with Gasteiger partial charge < -0.3 is 20.1 Å². The van der Waals surface area contributed by atoms with Crippen molar-refractivity contribution in [1.82, 2.24) is 5.32 Å². The number of nitrogens with one attached hydrogen (secondary N) is 2. The number of benzene rings is 2. The predicted molar refractivity (Wildman–Crippen MR) is 101 cm³/mol. The van der Waals surface area contributed by atoms with E-state index in [1.54, 1.807) is 6.07 Å². The van der Waals surface area contributed by atoms with Crippen molar-refractivity contribution in [3.8, 4) is 11.5 Å². The van der Waals surface area contributed by atoms with Crippen molar-refractivity contribution in [2.75, 3.05) is 26.1 Å². The maximum absolute atomic E-state index is 13.5. The monoisotopic (exact) mass is 412 g/mol. The Morgan fingerprint density at radius 3 is 2.43 bits per heavy atom. The summed E-state index contributed by atoms with van der Waals surface area (Å²) in [5.41, 5.74) is 0.124. The molecule has 0 radical (unpaired) electrons. The van der Waals surface area contributed by atoms with Gasteiger partial charge in [-0.05, 0) is 24.6 Å². The highest BCUT2D eigenvalue weighted by molar-refractivity contribution is 6.32. The minimum Gasteiger partial charge on any atom is -0.495 e. The van der Waals surface area contributed by atoms with Crippen molar-refractivity contribution in [3.05, 3.63) is 52.6 Å². The number of hydrogen-bond donors (Lipinski definition) is 2. The maximum Gasteiger partial charge on any atom is 0.254 e. The molecule has 0 atom stereocenters. The molecule has 0 aliphatic carbocycles. The van der Waals surface area contributed by atoms with Crippen molar-refractivity contribution in [3.63, 3.8) is 0 Å². The third-order valence-corrected chi connectivity index (χ3v) is 4.09. The van der Waals surface area contributed by atoms with E-state index in [2.05, 4.69) is 10.6 Å². The van der Waals surface area contributed by atoms with Gasteiger partial charge in [-0.1, -0.05) is 11.6 Å². The van der Waals surface area contributed by atoms with Crippen LogP contribution in [-0.2, 0) is 4.79 Å². The van der Waals surface area contributed by atoms with Crippen LogP contribution in [0.15, 0.2) is 30.3 Å². The highest BCUT2D eigenvalue weighted by atomic mass is 35.5. The topological polar surface area (TPSA) is 76.7 Å². The second-order valence-corrected chi connectivity index (χ2v) is 6.13. The van der Waals surface area contributed by atoms with Crippen LogP contribution in [0, 0.1) is 11.6 Å². The number of anilines is 1. The Hall–Kier alpha value is -2.87. The van der Waals surface area contributed by atoms with Crippen LogP contribution in [0.1, 0.15) is 23.2 Å². The molecule has 0 saturated carbocycles.